The van der Waals surface area contributed by atoms with E-state index in [4.69, 9.17) is 25.5 Å². The van der Waals surface area contributed by atoms with E-state index in [1.807, 2.05) is 0 Å². The van der Waals surface area contributed by atoms with Crippen LogP contribution in [0.2, 0.25) is 0 Å². The Balaban J connectivity index is 0.000000447. The minimum absolute atomic E-state index is 0.153. The van der Waals surface area contributed by atoms with E-state index in [9.17, 15) is 0 Å². The van der Waals surface area contributed by atoms with E-state index >= 15 is 0 Å². The second-order valence-corrected chi connectivity index (χ2v) is 19.1. The molecule has 1 unspecified atom stereocenters. The number of fused-ring (bicyclic) bond motifs is 5. The first-order valence-corrected chi connectivity index (χ1v) is 18.1. The van der Waals surface area contributed by atoms with Gasteiger partial charge in [-0.05, 0) is 36.2 Å². The predicted molar refractivity (Wildman–Crippen MR) is 111 cm³/mol. The second-order valence-electron chi connectivity index (χ2n) is 7.86. The number of hydrogen-bond donors (Lipinski definition) is 1. The van der Waals surface area contributed by atoms with E-state index in [0.717, 1.165) is 0 Å². The second kappa shape index (κ2) is 7.63. The van der Waals surface area contributed by atoms with Gasteiger partial charge in [0.05, 0.1) is 0 Å². The van der Waals surface area contributed by atoms with Crippen LogP contribution < -0.4 is 0 Å². The Morgan fingerprint density at radius 1 is 1.12 bits per heavy atom. The van der Waals surface area contributed by atoms with Crippen LogP contribution in [0.3, 0.4) is 0 Å². The van der Waals surface area contributed by atoms with Crippen LogP contribution in [0, 0.1) is 13.0 Å². The standard InChI is InChI=1S/C21H22N.3ClH.Zr/c1-12-6-9-18-17(10-12)19-13(2)15-8-7-14(21(3,4)5)11-16(15)20(19)22-18;;;;/h6-7,9-11,13,22H,1-5H3;3*1H;/q-1;;;;+3/p-3. The fourth-order valence-electron chi connectivity index (χ4n) is 3.64. The Morgan fingerprint density at radius 2 is 1.77 bits per heavy atom. The summed E-state index contributed by atoms with van der Waals surface area (Å²) in [5, 5.41) is 1.37. The molecule has 0 bridgehead atoms. The molecule has 0 aliphatic heterocycles. The molecule has 137 valence electrons. The summed E-state index contributed by atoms with van der Waals surface area (Å²) in [7, 11) is 15.0. The number of aromatic nitrogens is 1. The molecule has 0 spiro atoms. The van der Waals surface area contributed by atoms with Crippen LogP contribution in [0.15, 0.2) is 30.3 Å². The molecule has 1 heterocycles. The van der Waals surface area contributed by atoms with Crippen LogP contribution >= 0.6 is 25.5 Å². The Morgan fingerprint density at radius 3 is 2.38 bits per heavy atom. The number of aryl methyl sites for hydroxylation is 1. The molecule has 0 saturated carbocycles. The van der Waals surface area contributed by atoms with Gasteiger partial charge >= 0.3 is 43.7 Å². The van der Waals surface area contributed by atoms with Crippen molar-refractivity contribution in [3.8, 4) is 11.3 Å². The molecule has 2 aromatic carbocycles. The molecule has 0 fully saturated rings. The van der Waals surface area contributed by atoms with Gasteiger partial charge in [-0.2, -0.15) is 18.2 Å². The zero-order valence-corrected chi connectivity index (χ0v) is 20.3. The average Bonchev–Trinajstić information content (AvgIpc) is 3.02. The van der Waals surface area contributed by atoms with Crippen molar-refractivity contribution in [2.75, 3.05) is 0 Å². The number of benzene rings is 2. The first-order chi connectivity index (χ1) is 12.1. The number of nitrogens with one attached hydrogen (secondary N) is 1. The summed E-state index contributed by atoms with van der Waals surface area (Å²) in [6, 6.07) is 14.8. The van der Waals surface area contributed by atoms with Crippen molar-refractivity contribution in [1.29, 1.82) is 0 Å². The summed E-state index contributed by atoms with van der Waals surface area (Å²) in [6.07, 6.45) is 0. The minimum atomic E-state index is -2.13. The SMILES string of the molecule is Cc1ccc2[nH]c3c(c2c1)C(C)c1[c-]cc(C(C)(C)C)cc1-3.[Cl][Zr]([Cl])[Cl]. The summed E-state index contributed by atoms with van der Waals surface area (Å²) < 4.78 is 0. The van der Waals surface area contributed by atoms with Crippen molar-refractivity contribution in [2.45, 2.75) is 46.0 Å². The fourth-order valence-corrected chi connectivity index (χ4v) is 3.64. The molecule has 1 aliphatic carbocycles. The van der Waals surface area contributed by atoms with Crippen molar-refractivity contribution in [3.05, 3.63) is 58.7 Å². The average molecular weight is 486 g/mol. The molecule has 4 rings (SSSR count). The van der Waals surface area contributed by atoms with E-state index in [2.05, 4.69) is 76.0 Å². The van der Waals surface area contributed by atoms with E-state index in [0.29, 0.717) is 5.92 Å². The number of halogens is 3. The Kier molecular flexibility index (Phi) is 6.01. The number of hydrogen-bond acceptors (Lipinski definition) is 0. The molecular weight excluding hydrogens is 464 g/mol. The zero-order valence-electron chi connectivity index (χ0n) is 15.6. The van der Waals surface area contributed by atoms with Crippen molar-refractivity contribution in [2.24, 2.45) is 0 Å². The van der Waals surface area contributed by atoms with Crippen molar-refractivity contribution < 1.29 is 18.2 Å². The number of aromatic amines is 1. The van der Waals surface area contributed by atoms with Crippen LogP contribution in [0.1, 0.15) is 55.9 Å². The maximum atomic E-state index is 5.00. The Bertz CT molecular complexity index is 951. The molecular formula is C21H22Cl3NZr-. The van der Waals surface area contributed by atoms with Crippen LogP contribution in [-0.4, -0.2) is 4.98 Å². The fraction of sp³-hybridized carbons (Fsp3) is 0.333. The van der Waals surface area contributed by atoms with Gasteiger partial charge < -0.3 is 4.98 Å². The molecule has 26 heavy (non-hydrogen) atoms. The van der Waals surface area contributed by atoms with Crippen LogP contribution in [0.25, 0.3) is 22.2 Å². The van der Waals surface area contributed by atoms with Gasteiger partial charge in [0, 0.05) is 10.9 Å². The molecule has 1 atom stereocenters. The molecule has 1 nitrogen and oxygen atoms in total. The third-order valence-corrected chi connectivity index (χ3v) is 4.97. The van der Waals surface area contributed by atoms with Crippen molar-refractivity contribution in [3.63, 3.8) is 0 Å². The number of H-pyrrole nitrogens is 1. The summed E-state index contributed by atoms with van der Waals surface area (Å²) in [5.74, 6) is 0.412. The normalized spacial score (nSPS) is 15.3. The van der Waals surface area contributed by atoms with Crippen LogP contribution in [-0.2, 0) is 23.6 Å². The van der Waals surface area contributed by atoms with E-state index < -0.39 is 18.2 Å². The Hall–Kier alpha value is -0.267. The summed E-state index contributed by atoms with van der Waals surface area (Å²) in [5.41, 5.74) is 9.47. The molecule has 3 aromatic rings. The molecule has 0 radical (unpaired) electrons. The third kappa shape index (κ3) is 3.95. The van der Waals surface area contributed by atoms with Gasteiger partial charge in [0.15, 0.2) is 0 Å². The topological polar surface area (TPSA) is 15.8 Å². The summed E-state index contributed by atoms with van der Waals surface area (Å²) in [4.78, 5) is 3.65. The Labute approximate surface area is 174 Å². The van der Waals surface area contributed by atoms with Gasteiger partial charge in [0.2, 0.25) is 0 Å². The molecule has 1 N–H and O–H groups in total. The molecule has 1 aromatic heterocycles. The van der Waals surface area contributed by atoms with Crippen LogP contribution in [0.4, 0.5) is 0 Å². The van der Waals surface area contributed by atoms with Crippen molar-refractivity contribution in [1.82, 2.24) is 4.98 Å². The monoisotopic (exact) mass is 483 g/mol. The molecule has 5 heteroatoms. The first-order valence-electron chi connectivity index (χ1n) is 8.61. The van der Waals surface area contributed by atoms with Gasteiger partial charge in [-0.3, -0.25) is 0 Å². The van der Waals surface area contributed by atoms with Gasteiger partial charge in [-0.1, -0.05) is 44.7 Å². The first kappa shape index (κ1) is 20.5. The third-order valence-electron chi connectivity index (χ3n) is 4.97. The van der Waals surface area contributed by atoms with E-state index in [1.54, 1.807) is 0 Å². The molecule has 1 aliphatic rings. The summed E-state index contributed by atoms with van der Waals surface area (Å²) in [6.45, 7) is 11.2. The van der Waals surface area contributed by atoms with Crippen LogP contribution in [0.5, 0.6) is 0 Å². The van der Waals surface area contributed by atoms with Gasteiger partial charge in [0.25, 0.3) is 0 Å². The summed E-state index contributed by atoms with van der Waals surface area (Å²) >= 11 is -2.13. The van der Waals surface area contributed by atoms with Crippen molar-refractivity contribution >= 4 is 36.4 Å². The van der Waals surface area contributed by atoms with Gasteiger partial charge in [-0.25, -0.2) is 0 Å². The van der Waals surface area contributed by atoms with Gasteiger partial charge in [0.1, 0.15) is 0 Å². The van der Waals surface area contributed by atoms with E-state index in [-0.39, 0.29) is 5.41 Å². The maximum absolute atomic E-state index is 5.00. The zero-order chi connectivity index (χ0) is 19.2. The quantitative estimate of drug-likeness (QED) is 0.313. The predicted octanol–water partition coefficient (Wildman–Crippen LogP) is 7.77. The molecule has 0 saturated heterocycles. The molecule has 0 amide bonds. The van der Waals surface area contributed by atoms with Gasteiger partial charge in [-0.15, -0.1) is 16.7 Å². The number of rotatable bonds is 0. The van der Waals surface area contributed by atoms with E-state index in [1.165, 1.54) is 44.4 Å².